The number of hydrogen-bond donors (Lipinski definition) is 1. The van der Waals surface area contributed by atoms with Gasteiger partial charge in [-0.15, -0.1) is 11.3 Å². The second kappa shape index (κ2) is 5.05. The molecule has 0 bridgehead atoms. The molecule has 0 spiro atoms. The topological polar surface area (TPSA) is 42.4 Å². The molecule has 0 saturated heterocycles. The summed E-state index contributed by atoms with van der Waals surface area (Å²) in [5.74, 6) is 0. The van der Waals surface area contributed by atoms with Crippen LogP contribution < -0.4 is 0 Å². The second-order valence-corrected chi connectivity index (χ2v) is 5.85. The van der Waals surface area contributed by atoms with Gasteiger partial charge in [-0.1, -0.05) is 13.8 Å². The molecule has 86 valence electrons. The molecule has 0 atom stereocenters. The van der Waals surface area contributed by atoms with Crippen molar-refractivity contribution in [3.05, 3.63) is 15.6 Å². The molecule has 0 fully saturated rings. The van der Waals surface area contributed by atoms with Crippen LogP contribution in [0.2, 0.25) is 0 Å². The van der Waals surface area contributed by atoms with Crippen LogP contribution in [0.15, 0.2) is 0 Å². The van der Waals surface area contributed by atoms with Crippen LogP contribution in [0.25, 0.3) is 0 Å². The predicted molar refractivity (Wildman–Crippen MR) is 62.1 cm³/mol. The first kappa shape index (κ1) is 12.6. The molecular formula is C11H19NO2S. The van der Waals surface area contributed by atoms with Gasteiger partial charge in [0.2, 0.25) is 0 Å². The molecule has 1 aromatic heterocycles. The molecule has 1 N–H and O–H groups in total. The Morgan fingerprint density at radius 1 is 1.40 bits per heavy atom. The van der Waals surface area contributed by atoms with E-state index >= 15 is 0 Å². The molecule has 0 unspecified atom stereocenters. The molecule has 4 heteroatoms. The van der Waals surface area contributed by atoms with Gasteiger partial charge in [-0.3, -0.25) is 0 Å². The maximum atomic E-state index is 9.05. The van der Waals surface area contributed by atoms with Crippen molar-refractivity contribution in [2.24, 2.45) is 5.41 Å². The third-order valence-corrected chi connectivity index (χ3v) is 3.27. The van der Waals surface area contributed by atoms with Crippen LogP contribution in [0.1, 0.15) is 29.4 Å². The minimum absolute atomic E-state index is 0.142. The number of aromatic nitrogens is 1. The van der Waals surface area contributed by atoms with Crippen molar-refractivity contribution >= 4 is 11.3 Å². The van der Waals surface area contributed by atoms with Crippen molar-refractivity contribution in [3.63, 3.8) is 0 Å². The minimum atomic E-state index is -0.165. The number of nitrogens with zero attached hydrogens (tertiary/aromatic N) is 1. The first-order valence-electron chi connectivity index (χ1n) is 5.06. The van der Waals surface area contributed by atoms with E-state index in [2.05, 4.69) is 11.9 Å². The van der Waals surface area contributed by atoms with E-state index < -0.39 is 0 Å². The largest absolute Gasteiger partial charge is 0.396 e. The zero-order valence-electron chi connectivity index (χ0n) is 9.83. The normalized spacial score (nSPS) is 12.1. The third kappa shape index (κ3) is 3.89. The Bertz CT molecular complexity index is 301. The average molecular weight is 229 g/mol. The first-order chi connectivity index (χ1) is 6.94. The van der Waals surface area contributed by atoms with Gasteiger partial charge in [0.15, 0.2) is 0 Å². The lowest BCUT2D eigenvalue weighted by atomic mass is 9.97. The van der Waals surface area contributed by atoms with E-state index in [4.69, 9.17) is 9.84 Å². The van der Waals surface area contributed by atoms with Crippen LogP contribution in [-0.4, -0.2) is 23.3 Å². The van der Waals surface area contributed by atoms with E-state index in [0.717, 1.165) is 10.7 Å². The second-order valence-electron chi connectivity index (χ2n) is 4.56. The molecule has 3 nitrogen and oxygen atoms in total. The molecule has 0 aliphatic carbocycles. The Hall–Kier alpha value is -0.450. The van der Waals surface area contributed by atoms with Crippen LogP contribution in [0.4, 0.5) is 0 Å². The van der Waals surface area contributed by atoms with Crippen LogP contribution >= 0.6 is 11.3 Å². The Morgan fingerprint density at radius 2 is 2.07 bits per heavy atom. The van der Waals surface area contributed by atoms with E-state index in [9.17, 15) is 0 Å². The SMILES string of the molecule is Cc1nc(COCC(C)(C)CO)sc1C. The molecule has 1 aromatic rings. The quantitative estimate of drug-likeness (QED) is 0.842. The highest BCUT2D eigenvalue weighted by molar-refractivity contribution is 7.11. The Morgan fingerprint density at radius 3 is 2.53 bits per heavy atom. The Labute approximate surface area is 95.1 Å². The molecule has 0 aliphatic rings. The summed E-state index contributed by atoms with van der Waals surface area (Å²) < 4.78 is 5.53. The number of aliphatic hydroxyl groups excluding tert-OH is 1. The fourth-order valence-electron chi connectivity index (χ4n) is 1.06. The number of aliphatic hydroxyl groups is 1. The number of ether oxygens (including phenoxy) is 1. The van der Waals surface area contributed by atoms with E-state index in [1.165, 1.54) is 4.88 Å². The lowest BCUT2D eigenvalue weighted by Crippen LogP contribution is -2.23. The summed E-state index contributed by atoms with van der Waals surface area (Å²) in [5.41, 5.74) is 0.918. The predicted octanol–water partition coefficient (Wildman–Crippen LogP) is 2.30. The van der Waals surface area contributed by atoms with Crippen LogP contribution in [0, 0.1) is 19.3 Å². The molecular weight excluding hydrogens is 210 g/mol. The van der Waals surface area contributed by atoms with Gasteiger partial charge in [-0.25, -0.2) is 4.98 Å². The summed E-state index contributed by atoms with van der Waals surface area (Å²) >= 11 is 1.67. The highest BCUT2D eigenvalue weighted by atomic mass is 32.1. The monoisotopic (exact) mass is 229 g/mol. The lowest BCUT2D eigenvalue weighted by molar-refractivity contribution is 0.0197. The van der Waals surface area contributed by atoms with Gasteiger partial charge in [0, 0.05) is 10.3 Å². The average Bonchev–Trinajstić information content (AvgIpc) is 2.46. The van der Waals surface area contributed by atoms with Gasteiger partial charge in [-0.05, 0) is 13.8 Å². The third-order valence-electron chi connectivity index (χ3n) is 2.22. The number of hydrogen-bond acceptors (Lipinski definition) is 4. The van der Waals surface area contributed by atoms with Crippen LogP contribution in [0.3, 0.4) is 0 Å². The van der Waals surface area contributed by atoms with E-state index in [-0.39, 0.29) is 12.0 Å². The highest BCUT2D eigenvalue weighted by Crippen LogP contribution is 2.19. The van der Waals surface area contributed by atoms with Gasteiger partial charge in [0.25, 0.3) is 0 Å². The molecule has 1 rings (SSSR count). The highest BCUT2D eigenvalue weighted by Gasteiger charge is 2.16. The summed E-state index contributed by atoms with van der Waals surface area (Å²) in [5, 5.41) is 10.1. The molecule has 0 aromatic carbocycles. The molecule has 1 heterocycles. The number of thiazole rings is 1. The van der Waals surface area contributed by atoms with Gasteiger partial charge >= 0.3 is 0 Å². The number of rotatable bonds is 5. The summed E-state index contributed by atoms with van der Waals surface area (Å²) in [4.78, 5) is 5.63. The maximum Gasteiger partial charge on any atom is 0.119 e. The van der Waals surface area contributed by atoms with Crippen molar-refractivity contribution in [2.45, 2.75) is 34.3 Å². The fourth-order valence-corrected chi connectivity index (χ4v) is 1.93. The molecule has 0 amide bonds. The van der Waals surface area contributed by atoms with E-state index in [1.807, 2.05) is 20.8 Å². The Balaban J connectivity index is 2.38. The van der Waals surface area contributed by atoms with Gasteiger partial charge in [0.1, 0.15) is 5.01 Å². The van der Waals surface area contributed by atoms with Gasteiger partial charge in [0.05, 0.1) is 25.5 Å². The molecule has 15 heavy (non-hydrogen) atoms. The van der Waals surface area contributed by atoms with E-state index in [1.54, 1.807) is 11.3 Å². The van der Waals surface area contributed by atoms with Crippen LogP contribution in [0.5, 0.6) is 0 Å². The maximum absolute atomic E-state index is 9.05. The summed E-state index contributed by atoms with van der Waals surface area (Å²) in [6.45, 7) is 9.27. The molecule has 0 aliphatic heterocycles. The lowest BCUT2D eigenvalue weighted by Gasteiger charge is -2.20. The zero-order chi connectivity index (χ0) is 11.5. The van der Waals surface area contributed by atoms with Crippen molar-refractivity contribution in [3.8, 4) is 0 Å². The van der Waals surface area contributed by atoms with Gasteiger partial charge < -0.3 is 9.84 Å². The minimum Gasteiger partial charge on any atom is -0.396 e. The van der Waals surface area contributed by atoms with Crippen molar-refractivity contribution in [1.82, 2.24) is 4.98 Å². The standard InChI is InChI=1S/C11H19NO2S/c1-8-9(2)15-10(12-8)5-14-7-11(3,4)6-13/h13H,5-7H2,1-4H3. The van der Waals surface area contributed by atoms with Crippen molar-refractivity contribution in [1.29, 1.82) is 0 Å². The van der Waals surface area contributed by atoms with Crippen molar-refractivity contribution < 1.29 is 9.84 Å². The number of aryl methyl sites for hydroxylation is 2. The zero-order valence-corrected chi connectivity index (χ0v) is 10.6. The summed E-state index contributed by atoms with van der Waals surface area (Å²) in [6, 6.07) is 0. The fraction of sp³-hybridized carbons (Fsp3) is 0.727. The van der Waals surface area contributed by atoms with E-state index in [0.29, 0.717) is 13.2 Å². The smallest absolute Gasteiger partial charge is 0.119 e. The Kier molecular flexibility index (Phi) is 4.25. The molecule has 0 saturated carbocycles. The molecule has 0 radical (unpaired) electrons. The van der Waals surface area contributed by atoms with Gasteiger partial charge in [-0.2, -0.15) is 0 Å². The first-order valence-corrected chi connectivity index (χ1v) is 5.88. The van der Waals surface area contributed by atoms with Crippen molar-refractivity contribution in [2.75, 3.05) is 13.2 Å². The van der Waals surface area contributed by atoms with Crippen LogP contribution in [-0.2, 0) is 11.3 Å². The summed E-state index contributed by atoms with van der Waals surface area (Å²) in [7, 11) is 0. The summed E-state index contributed by atoms with van der Waals surface area (Å²) in [6.07, 6.45) is 0.